The van der Waals surface area contributed by atoms with E-state index >= 15 is 0 Å². The highest BCUT2D eigenvalue weighted by atomic mass is 16.5. The van der Waals surface area contributed by atoms with E-state index in [1.165, 1.54) is 6.20 Å². The lowest BCUT2D eigenvalue weighted by Crippen LogP contribution is -2.00. The molecule has 0 radical (unpaired) electrons. The van der Waals surface area contributed by atoms with Crippen LogP contribution in [0.3, 0.4) is 0 Å². The van der Waals surface area contributed by atoms with E-state index in [4.69, 9.17) is 4.74 Å². The summed E-state index contributed by atoms with van der Waals surface area (Å²) < 4.78 is 5.46. The first kappa shape index (κ1) is 11.3. The zero-order valence-electron chi connectivity index (χ0n) is 9.46. The van der Waals surface area contributed by atoms with Crippen LogP contribution in [-0.4, -0.2) is 16.3 Å². The lowest BCUT2D eigenvalue weighted by Gasteiger charge is -2.05. The van der Waals surface area contributed by atoms with Crippen molar-refractivity contribution in [3.63, 3.8) is 0 Å². The predicted octanol–water partition coefficient (Wildman–Crippen LogP) is 2.18. The van der Waals surface area contributed by atoms with Gasteiger partial charge in [0.1, 0.15) is 6.61 Å². The van der Waals surface area contributed by atoms with Gasteiger partial charge in [0.25, 0.3) is 0 Å². The van der Waals surface area contributed by atoms with Crippen molar-refractivity contribution in [1.29, 1.82) is 0 Å². The molecule has 2 rings (SSSR count). The van der Waals surface area contributed by atoms with Crippen LogP contribution in [0.15, 0.2) is 36.5 Å². The number of rotatable bonds is 4. The minimum atomic E-state index is 0.370. The fraction of sp³-hybridized carbons (Fsp3) is 0.154. The maximum absolute atomic E-state index is 10.4. The first-order valence-corrected chi connectivity index (χ1v) is 5.24. The van der Waals surface area contributed by atoms with E-state index in [2.05, 4.69) is 9.97 Å². The van der Waals surface area contributed by atoms with Gasteiger partial charge in [-0.05, 0) is 25.1 Å². The Morgan fingerprint density at radius 3 is 2.82 bits per heavy atom. The quantitative estimate of drug-likeness (QED) is 0.752. The first-order valence-electron chi connectivity index (χ1n) is 5.24. The Kier molecular flexibility index (Phi) is 3.45. The van der Waals surface area contributed by atoms with Gasteiger partial charge in [-0.2, -0.15) is 0 Å². The highest BCUT2D eigenvalue weighted by Gasteiger charge is 1.99. The molecule has 86 valence electrons. The number of carbonyl (C=O) groups excluding carboxylic acids is 1. The van der Waals surface area contributed by atoms with Gasteiger partial charge in [0.05, 0.1) is 5.69 Å². The van der Waals surface area contributed by atoms with Crippen LogP contribution < -0.4 is 4.74 Å². The summed E-state index contributed by atoms with van der Waals surface area (Å²) in [6.07, 6.45) is 2.23. The topological polar surface area (TPSA) is 52.1 Å². The highest BCUT2D eigenvalue weighted by Crippen LogP contribution is 2.08. The molecule has 0 aliphatic carbocycles. The molecule has 17 heavy (non-hydrogen) atoms. The normalized spacial score (nSPS) is 9.94. The average Bonchev–Trinajstić information content (AvgIpc) is 2.37. The zero-order valence-corrected chi connectivity index (χ0v) is 9.46. The van der Waals surface area contributed by atoms with Gasteiger partial charge >= 0.3 is 0 Å². The van der Waals surface area contributed by atoms with Gasteiger partial charge in [-0.1, -0.05) is 6.07 Å². The highest BCUT2D eigenvalue weighted by molar-refractivity contribution is 5.73. The summed E-state index contributed by atoms with van der Waals surface area (Å²) in [5.41, 5.74) is 2.34. The summed E-state index contributed by atoms with van der Waals surface area (Å²) in [7, 11) is 0. The molecule has 0 saturated carbocycles. The van der Waals surface area contributed by atoms with E-state index in [-0.39, 0.29) is 0 Å². The number of hydrogen-bond acceptors (Lipinski definition) is 4. The SMILES string of the molecule is Cc1cccc(COc2ccc(C=O)cn2)n1. The molecule has 4 nitrogen and oxygen atoms in total. The molecule has 2 aromatic rings. The van der Waals surface area contributed by atoms with E-state index in [0.717, 1.165) is 17.7 Å². The Morgan fingerprint density at radius 1 is 1.29 bits per heavy atom. The molecule has 0 N–H and O–H groups in total. The summed E-state index contributed by atoms with van der Waals surface area (Å²) in [4.78, 5) is 18.8. The van der Waals surface area contributed by atoms with Crippen molar-refractivity contribution < 1.29 is 9.53 Å². The lowest BCUT2D eigenvalue weighted by molar-refractivity contribution is 0.112. The summed E-state index contributed by atoms with van der Waals surface area (Å²) in [5.74, 6) is 0.485. The van der Waals surface area contributed by atoms with E-state index in [1.807, 2.05) is 25.1 Å². The number of ether oxygens (including phenoxy) is 1. The van der Waals surface area contributed by atoms with E-state index in [1.54, 1.807) is 12.1 Å². The van der Waals surface area contributed by atoms with Crippen molar-refractivity contribution in [1.82, 2.24) is 9.97 Å². The van der Waals surface area contributed by atoms with Gasteiger partial charge in [0, 0.05) is 23.5 Å². The average molecular weight is 228 g/mol. The van der Waals surface area contributed by atoms with Gasteiger partial charge in [0.2, 0.25) is 5.88 Å². The zero-order chi connectivity index (χ0) is 12.1. The summed E-state index contributed by atoms with van der Waals surface area (Å²) in [6.45, 7) is 2.30. The molecule has 2 heterocycles. The number of carbonyl (C=O) groups is 1. The van der Waals surface area contributed by atoms with E-state index in [0.29, 0.717) is 18.1 Å². The fourth-order valence-electron chi connectivity index (χ4n) is 1.37. The maximum Gasteiger partial charge on any atom is 0.213 e. The molecule has 0 aliphatic rings. The van der Waals surface area contributed by atoms with Crippen LogP contribution in [0.4, 0.5) is 0 Å². The molecule has 0 fully saturated rings. The van der Waals surface area contributed by atoms with Crippen molar-refractivity contribution >= 4 is 6.29 Å². The number of aryl methyl sites for hydroxylation is 1. The van der Waals surface area contributed by atoms with Crippen molar-refractivity contribution in [3.8, 4) is 5.88 Å². The third-order valence-electron chi connectivity index (χ3n) is 2.21. The number of aldehydes is 1. The van der Waals surface area contributed by atoms with Crippen LogP contribution in [0.1, 0.15) is 21.7 Å². The van der Waals surface area contributed by atoms with Crippen molar-refractivity contribution in [2.45, 2.75) is 13.5 Å². The van der Waals surface area contributed by atoms with Gasteiger partial charge in [-0.15, -0.1) is 0 Å². The number of aromatic nitrogens is 2. The second-order valence-corrected chi connectivity index (χ2v) is 3.61. The third kappa shape index (κ3) is 3.11. The van der Waals surface area contributed by atoms with Gasteiger partial charge in [-0.25, -0.2) is 4.98 Å². The van der Waals surface area contributed by atoms with Gasteiger partial charge in [0.15, 0.2) is 6.29 Å². The number of pyridine rings is 2. The molecule has 0 amide bonds. The van der Waals surface area contributed by atoms with Crippen LogP contribution in [0.2, 0.25) is 0 Å². The largest absolute Gasteiger partial charge is 0.471 e. The van der Waals surface area contributed by atoms with Crippen molar-refractivity contribution in [2.24, 2.45) is 0 Å². The maximum atomic E-state index is 10.4. The Morgan fingerprint density at radius 2 is 2.18 bits per heavy atom. The molecule has 0 saturated heterocycles. The lowest BCUT2D eigenvalue weighted by atomic mass is 10.3. The molecular weight excluding hydrogens is 216 g/mol. The molecule has 0 atom stereocenters. The van der Waals surface area contributed by atoms with Gasteiger partial charge in [-0.3, -0.25) is 9.78 Å². The summed E-state index contributed by atoms with van der Waals surface area (Å²) in [6, 6.07) is 9.09. The monoisotopic (exact) mass is 228 g/mol. The second kappa shape index (κ2) is 5.21. The van der Waals surface area contributed by atoms with Gasteiger partial charge < -0.3 is 4.74 Å². The Bertz CT molecular complexity index is 509. The Hall–Kier alpha value is -2.23. The summed E-state index contributed by atoms with van der Waals surface area (Å²) >= 11 is 0. The molecule has 2 aromatic heterocycles. The molecule has 0 bridgehead atoms. The smallest absolute Gasteiger partial charge is 0.213 e. The van der Waals surface area contributed by atoms with Crippen LogP contribution in [0.5, 0.6) is 5.88 Å². The third-order valence-corrected chi connectivity index (χ3v) is 2.21. The Labute approximate surface area is 99.3 Å². The van der Waals surface area contributed by atoms with Crippen molar-refractivity contribution in [3.05, 3.63) is 53.5 Å². The molecular formula is C13H12N2O2. The molecule has 0 aliphatic heterocycles. The minimum Gasteiger partial charge on any atom is -0.471 e. The first-order chi connectivity index (χ1) is 8.28. The van der Waals surface area contributed by atoms with Crippen LogP contribution >= 0.6 is 0 Å². The molecule has 0 spiro atoms. The van der Waals surface area contributed by atoms with Crippen LogP contribution in [0, 0.1) is 6.92 Å². The minimum absolute atomic E-state index is 0.370. The standard InChI is InChI=1S/C13H12N2O2/c1-10-3-2-4-12(15-10)9-17-13-6-5-11(8-16)7-14-13/h2-8H,9H2,1H3. The number of hydrogen-bond donors (Lipinski definition) is 0. The van der Waals surface area contributed by atoms with E-state index < -0.39 is 0 Å². The molecule has 0 unspecified atom stereocenters. The molecule has 4 heteroatoms. The predicted molar refractivity (Wildman–Crippen MR) is 62.9 cm³/mol. The van der Waals surface area contributed by atoms with Crippen LogP contribution in [0.25, 0.3) is 0 Å². The van der Waals surface area contributed by atoms with Crippen LogP contribution in [-0.2, 0) is 6.61 Å². The van der Waals surface area contributed by atoms with E-state index in [9.17, 15) is 4.79 Å². The summed E-state index contributed by atoms with van der Waals surface area (Å²) in [5, 5.41) is 0. The fourth-order valence-corrected chi connectivity index (χ4v) is 1.37. The Balaban J connectivity index is 1.99. The van der Waals surface area contributed by atoms with Crippen molar-refractivity contribution in [2.75, 3.05) is 0 Å². The number of nitrogens with zero attached hydrogens (tertiary/aromatic N) is 2. The second-order valence-electron chi connectivity index (χ2n) is 3.61. The molecule has 0 aromatic carbocycles.